The highest BCUT2D eigenvalue weighted by molar-refractivity contribution is 5.77. The summed E-state index contributed by atoms with van der Waals surface area (Å²) >= 11 is 0. The second-order valence-corrected chi connectivity index (χ2v) is 4.65. The van der Waals surface area contributed by atoms with E-state index < -0.39 is 0 Å². The van der Waals surface area contributed by atoms with E-state index >= 15 is 0 Å². The van der Waals surface area contributed by atoms with Gasteiger partial charge in [-0.05, 0) is 17.9 Å². The van der Waals surface area contributed by atoms with E-state index in [-0.39, 0.29) is 5.91 Å². The number of nitrogens with one attached hydrogen (secondary N) is 2. The molecule has 1 atom stereocenters. The van der Waals surface area contributed by atoms with Crippen molar-refractivity contribution in [3.05, 3.63) is 35.9 Å². The number of benzene rings is 1. The second-order valence-electron chi connectivity index (χ2n) is 4.65. The minimum atomic E-state index is 0.0868. The molecule has 1 aromatic rings. The van der Waals surface area contributed by atoms with Crippen LogP contribution in [0.2, 0.25) is 0 Å². The first-order valence-corrected chi connectivity index (χ1v) is 6.76. The van der Waals surface area contributed by atoms with Crippen molar-refractivity contribution in [2.24, 2.45) is 0 Å². The third kappa shape index (κ3) is 5.82. The smallest absolute Gasteiger partial charge is 0.233 e. The van der Waals surface area contributed by atoms with Crippen LogP contribution in [-0.4, -0.2) is 25.5 Å². The van der Waals surface area contributed by atoms with E-state index in [2.05, 4.69) is 36.6 Å². The molecular formula is C15H24N2O. The number of hydrogen-bond acceptors (Lipinski definition) is 2. The highest BCUT2D eigenvalue weighted by atomic mass is 16.1. The van der Waals surface area contributed by atoms with Gasteiger partial charge >= 0.3 is 0 Å². The molecule has 1 aromatic carbocycles. The SMILES string of the molecule is CCCCNC(=O)CNCC(C)c1ccccc1. The minimum absolute atomic E-state index is 0.0868. The Labute approximate surface area is 110 Å². The lowest BCUT2D eigenvalue weighted by molar-refractivity contribution is -0.120. The van der Waals surface area contributed by atoms with Crippen LogP contribution < -0.4 is 10.6 Å². The van der Waals surface area contributed by atoms with Gasteiger partial charge in [0.15, 0.2) is 0 Å². The molecule has 0 radical (unpaired) electrons. The van der Waals surface area contributed by atoms with Crippen LogP contribution in [0.4, 0.5) is 0 Å². The van der Waals surface area contributed by atoms with E-state index in [4.69, 9.17) is 0 Å². The summed E-state index contributed by atoms with van der Waals surface area (Å²) in [7, 11) is 0. The standard InChI is InChI=1S/C15H24N2O/c1-3-4-10-17-15(18)12-16-11-13(2)14-8-6-5-7-9-14/h5-9,13,16H,3-4,10-12H2,1-2H3,(H,17,18). The maximum absolute atomic E-state index is 11.5. The van der Waals surface area contributed by atoms with Crippen molar-refractivity contribution in [2.75, 3.05) is 19.6 Å². The van der Waals surface area contributed by atoms with Crippen LogP contribution >= 0.6 is 0 Å². The first kappa shape index (κ1) is 14.7. The zero-order chi connectivity index (χ0) is 13.2. The van der Waals surface area contributed by atoms with Crippen molar-refractivity contribution < 1.29 is 4.79 Å². The number of rotatable bonds is 8. The average molecular weight is 248 g/mol. The molecule has 0 heterocycles. The molecule has 0 saturated carbocycles. The Morgan fingerprint density at radius 2 is 2.00 bits per heavy atom. The summed E-state index contributed by atoms with van der Waals surface area (Å²) in [6.45, 7) is 6.29. The molecule has 2 N–H and O–H groups in total. The minimum Gasteiger partial charge on any atom is -0.355 e. The van der Waals surface area contributed by atoms with Gasteiger partial charge in [-0.3, -0.25) is 4.79 Å². The van der Waals surface area contributed by atoms with E-state index in [1.807, 2.05) is 18.2 Å². The Bertz CT molecular complexity index is 338. The molecule has 0 spiro atoms. The third-order valence-corrected chi connectivity index (χ3v) is 2.96. The first-order valence-electron chi connectivity index (χ1n) is 6.76. The summed E-state index contributed by atoms with van der Waals surface area (Å²) in [6.07, 6.45) is 2.16. The molecule has 18 heavy (non-hydrogen) atoms. The Morgan fingerprint density at radius 3 is 2.67 bits per heavy atom. The fraction of sp³-hybridized carbons (Fsp3) is 0.533. The van der Waals surface area contributed by atoms with Crippen molar-refractivity contribution in [3.8, 4) is 0 Å². The van der Waals surface area contributed by atoms with Crippen LogP contribution in [0.3, 0.4) is 0 Å². The number of amides is 1. The van der Waals surface area contributed by atoms with Crippen LogP contribution in [0.5, 0.6) is 0 Å². The van der Waals surface area contributed by atoms with Gasteiger partial charge in [-0.1, -0.05) is 50.6 Å². The van der Waals surface area contributed by atoms with Crippen LogP contribution in [0.15, 0.2) is 30.3 Å². The van der Waals surface area contributed by atoms with Gasteiger partial charge in [0.25, 0.3) is 0 Å². The van der Waals surface area contributed by atoms with Gasteiger partial charge in [0.2, 0.25) is 5.91 Å². The van der Waals surface area contributed by atoms with Crippen molar-refractivity contribution in [2.45, 2.75) is 32.6 Å². The highest BCUT2D eigenvalue weighted by Gasteiger charge is 2.05. The summed E-state index contributed by atoms with van der Waals surface area (Å²) < 4.78 is 0. The molecule has 0 aliphatic carbocycles. The maximum Gasteiger partial charge on any atom is 0.233 e. The summed E-state index contributed by atoms with van der Waals surface area (Å²) in [5.74, 6) is 0.512. The van der Waals surface area contributed by atoms with E-state index in [0.29, 0.717) is 12.5 Å². The summed E-state index contributed by atoms with van der Waals surface area (Å²) in [5, 5.41) is 6.09. The Kier molecular flexibility index (Phi) is 7.11. The molecule has 1 rings (SSSR count). The predicted octanol–water partition coefficient (Wildman–Crippen LogP) is 2.30. The van der Waals surface area contributed by atoms with E-state index in [1.54, 1.807) is 0 Å². The van der Waals surface area contributed by atoms with Crippen LogP contribution in [-0.2, 0) is 4.79 Å². The summed E-state index contributed by atoms with van der Waals surface area (Å²) in [5.41, 5.74) is 1.30. The quantitative estimate of drug-likeness (QED) is 0.693. The maximum atomic E-state index is 11.5. The van der Waals surface area contributed by atoms with Gasteiger partial charge in [-0.2, -0.15) is 0 Å². The molecule has 0 aliphatic heterocycles. The largest absolute Gasteiger partial charge is 0.355 e. The van der Waals surface area contributed by atoms with Gasteiger partial charge in [-0.25, -0.2) is 0 Å². The molecule has 0 saturated heterocycles. The molecule has 1 unspecified atom stereocenters. The lowest BCUT2D eigenvalue weighted by atomic mass is 10.0. The third-order valence-electron chi connectivity index (χ3n) is 2.96. The lowest BCUT2D eigenvalue weighted by Gasteiger charge is -2.12. The van der Waals surface area contributed by atoms with Gasteiger partial charge in [0, 0.05) is 13.1 Å². The van der Waals surface area contributed by atoms with Gasteiger partial charge in [-0.15, -0.1) is 0 Å². The van der Waals surface area contributed by atoms with Gasteiger partial charge < -0.3 is 10.6 Å². The number of hydrogen-bond donors (Lipinski definition) is 2. The first-order chi connectivity index (χ1) is 8.74. The topological polar surface area (TPSA) is 41.1 Å². The molecular weight excluding hydrogens is 224 g/mol. The van der Waals surface area contributed by atoms with Crippen molar-refractivity contribution in [3.63, 3.8) is 0 Å². The number of carbonyl (C=O) groups excluding carboxylic acids is 1. The predicted molar refractivity (Wildman–Crippen MR) is 75.6 cm³/mol. The highest BCUT2D eigenvalue weighted by Crippen LogP contribution is 2.12. The Morgan fingerprint density at radius 1 is 1.28 bits per heavy atom. The molecule has 0 aromatic heterocycles. The Balaban J connectivity index is 2.16. The summed E-state index contributed by atoms with van der Waals surface area (Å²) in [4.78, 5) is 11.5. The van der Waals surface area contributed by atoms with Crippen LogP contribution in [0.25, 0.3) is 0 Å². The molecule has 3 nitrogen and oxygen atoms in total. The van der Waals surface area contributed by atoms with Gasteiger partial charge in [0.1, 0.15) is 0 Å². The zero-order valence-corrected chi connectivity index (χ0v) is 11.4. The molecule has 3 heteroatoms. The normalized spacial score (nSPS) is 12.1. The Hall–Kier alpha value is -1.35. The molecule has 0 bridgehead atoms. The number of unbranched alkanes of at least 4 members (excludes halogenated alkanes) is 1. The second kappa shape index (κ2) is 8.70. The zero-order valence-electron chi connectivity index (χ0n) is 11.4. The van der Waals surface area contributed by atoms with E-state index in [9.17, 15) is 4.79 Å². The van der Waals surface area contributed by atoms with Gasteiger partial charge in [0.05, 0.1) is 6.54 Å². The average Bonchev–Trinajstić information content (AvgIpc) is 2.40. The fourth-order valence-corrected chi connectivity index (χ4v) is 1.77. The monoisotopic (exact) mass is 248 g/mol. The van der Waals surface area contributed by atoms with Crippen molar-refractivity contribution in [1.29, 1.82) is 0 Å². The number of carbonyl (C=O) groups is 1. The fourth-order valence-electron chi connectivity index (χ4n) is 1.77. The molecule has 1 amide bonds. The lowest BCUT2D eigenvalue weighted by Crippen LogP contribution is -2.35. The van der Waals surface area contributed by atoms with E-state index in [1.165, 1.54) is 5.56 Å². The van der Waals surface area contributed by atoms with E-state index in [0.717, 1.165) is 25.9 Å². The van der Waals surface area contributed by atoms with Crippen LogP contribution in [0.1, 0.15) is 38.2 Å². The van der Waals surface area contributed by atoms with Crippen molar-refractivity contribution >= 4 is 5.91 Å². The molecule has 0 aliphatic rings. The van der Waals surface area contributed by atoms with Crippen LogP contribution in [0, 0.1) is 0 Å². The summed E-state index contributed by atoms with van der Waals surface area (Å²) in [6, 6.07) is 10.3. The molecule has 0 fully saturated rings. The molecule has 100 valence electrons. The van der Waals surface area contributed by atoms with Crippen molar-refractivity contribution in [1.82, 2.24) is 10.6 Å².